The summed E-state index contributed by atoms with van der Waals surface area (Å²) in [6.07, 6.45) is 1.77. The number of carbonyl (C=O) groups is 1. The Kier molecular flexibility index (Phi) is 5.69. The molecule has 2 N–H and O–H groups in total. The Bertz CT molecular complexity index is 373. The molecule has 1 aromatic rings. The van der Waals surface area contributed by atoms with Crippen molar-refractivity contribution in [2.24, 2.45) is 5.92 Å². The minimum Gasteiger partial charge on any atom is -0.481 e. The van der Waals surface area contributed by atoms with Crippen LogP contribution < -0.4 is 5.32 Å². The van der Waals surface area contributed by atoms with Crippen LogP contribution in [0, 0.1) is 5.92 Å². The molecule has 1 aromatic carbocycles. The Labute approximate surface area is 109 Å². The second-order valence-electron chi connectivity index (χ2n) is 4.76. The average molecular weight is 249 g/mol. The number of anilines is 1. The summed E-state index contributed by atoms with van der Waals surface area (Å²) in [7, 11) is 0. The van der Waals surface area contributed by atoms with Gasteiger partial charge in [0.2, 0.25) is 0 Å². The van der Waals surface area contributed by atoms with Gasteiger partial charge in [-0.2, -0.15) is 0 Å². The molecular weight excluding hydrogens is 226 g/mol. The minimum atomic E-state index is -0.735. The number of hydrogen-bond acceptors (Lipinski definition) is 2. The molecule has 2 unspecified atom stereocenters. The molecule has 0 aliphatic carbocycles. The zero-order valence-electron chi connectivity index (χ0n) is 11.4. The minimum absolute atomic E-state index is 0.320. The van der Waals surface area contributed by atoms with Crippen molar-refractivity contribution in [3.63, 3.8) is 0 Å². The van der Waals surface area contributed by atoms with Crippen molar-refractivity contribution in [1.82, 2.24) is 0 Å². The van der Waals surface area contributed by atoms with E-state index in [0.717, 1.165) is 12.1 Å². The van der Waals surface area contributed by atoms with Gasteiger partial charge in [0.25, 0.3) is 0 Å². The fourth-order valence-electron chi connectivity index (χ4n) is 1.81. The van der Waals surface area contributed by atoms with Gasteiger partial charge in [-0.3, -0.25) is 4.79 Å². The van der Waals surface area contributed by atoms with Gasteiger partial charge in [-0.1, -0.05) is 32.9 Å². The summed E-state index contributed by atoms with van der Waals surface area (Å²) in [5, 5.41) is 12.1. The van der Waals surface area contributed by atoms with E-state index in [-0.39, 0.29) is 5.92 Å². The predicted octanol–water partition coefficient (Wildman–Crippen LogP) is 3.72. The summed E-state index contributed by atoms with van der Waals surface area (Å²) in [6.45, 7) is 6.76. The summed E-state index contributed by atoms with van der Waals surface area (Å²) >= 11 is 0. The lowest BCUT2D eigenvalue weighted by atomic mass is 9.98. The van der Waals surface area contributed by atoms with Crippen molar-refractivity contribution >= 4 is 11.7 Å². The van der Waals surface area contributed by atoms with Crippen LogP contribution in [0.1, 0.15) is 45.1 Å². The summed E-state index contributed by atoms with van der Waals surface area (Å²) < 4.78 is 0. The average Bonchev–Trinajstić information content (AvgIpc) is 2.39. The molecule has 2 atom stereocenters. The van der Waals surface area contributed by atoms with Crippen molar-refractivity contribution in [2.45, 2.75) is 39.5 Å². The number of aliphatic carboxylic acids is 1. The number of nitrogens with one attached hydrogen (secondary N) is 1. The molecule has 0 saturated heterocycles. The largest absolute Gasteiger partial charge is 0.481 e. The Morgan fingerprint density at radius 1 is 1.22 bits per heavy atom. The van der Waals surface area contributed by atoms with Gasteiger partial charge < -0.3 is 10.4 Å². The van der Waals surface area contributed by atoms with Crippen molar-refractivity contribution in [1.29, 1.82) is 0 Å². The van der Waals surface area contributed by atoms with Crippen LogP contribution in [-0.4, -0.2) is 17.6 Å². The first kappa shape index (κ1) is 14.6. The zero-order chi connectivity index (χ0) is 13.5. The smallest absolute Gasteiger partial charge is 0.308 e. The van der Waals surface area contributed by atoms with Crippen LogP contribution in [0.15, 0.2) is 24.3 Å². The number of benzene rings is 1. The quantitative estimate of drug-likeness (QED) is 0.774. The zero-order valence-corrected chi connectivity index (χ0v) is 11.4. The molecule has 100 valence electrons. The second kappa shape index (κ2) is 7.04. The van der Waals surface area contributed by atoms with Gasteiger partial charge in [-0.25, -0.2) is 0 Å². The first-order valence-electron chi connectivity index (χ1n) is 6.65. The van der Waals surface area contributed by atoms with Gasteiger partial charge in [0.15, 0.2) is 0 Å². The second-order valence-corrected chi connectivity index (χ2v) is 4.76. The molecule has 3 heteroatoms. The lowest BCUT2D eigenvalue weighted by Crippen LogP contribution is -2.22. The Morgan fingerprint density at radius 2 is 1.83 bits per heavy atom. The number of carboxylic acids is 1. The molecule has 0 aromatic heterocycles. The molecule has 0 amide bonds. The van der Waals surface area contributed by atoms with Gasteiger partial charge in [-0.05, 0) is 36.5 Å². The van der Waals surface area contributed by atoms with E-state index in [4.69, 9.17) is 5.11 Å². The van der Waals surface area contributed by atoms with Crippen LogP contribution in [0.4, 0.5) is 5.69 Å². The first-order valence-corrected chi connectivity index (χ1v) is 6.65. The third kappa shape index (κ3) is 4.06. The van der Waals surface area contributed by atoms with Crippen molar-refractivity contribution in [3.05, 3.63) is 29.8 Å². The normalized spacial score (nSPS) is 13.9. The molecule has 0 bridgehead atoms. The van der Waals surface area contributed by atoms with E-state index in [2.05, 4.69) is 31.3 Å². The lowest BCUT2D eigenvalue weighted by molar-refractivity contribution is -0.141. The summed E-state index contributed by atoms with van der Waals surface area (Å²) in [4.78, 5) is 10.9. The highest BCUT2D eigenvalue weighted by Gasteiger charge is 2.14. The van der Waals surface area contributed by atoms with Crippen LogP contribution in [0.3, 0.4) is 0 Å². The maximum absolute atomic E-state index is 10.9. The highest BCUT2D eigenvalue weighted by molar-refractivity contribution is 5.70. The van der Waals surface area contributed by atoms with Gasteiger partial charge in [-0.15, -0.1) is 0 Å². The van der Waals surface area contributed by atoms with Gasteiger partial charge in [0, 0.05) is 12.2 Å². The molecule has 1 rings (SSSR count). The first-order chi connectivity index (χ1) is 8.58. The van der Waals surface area contributed by atoms with E-state index >= 15 is 0 Å². The third-order valence-electron chi connectivity index (χ3n) is 3.49. The third-order valence-corrected chi connectivity index (χ3v) is 3.49. The van der Waals surface area contributed by atoms with Crippen LogP contribution in [-0.2, 0) is 4.79 Å². The van der Waals surface area contributed by atoms with Gasteiger partial charge in [0.05, 0.1) is 5.92 Å². The Morgan fingerprint density at radius 3 is 2.28 bits per heavy atom. The summed E-state index contributed by atoms with van der Waals surface area (Å²) in [5.74, 6) is -0.484. The monoisotopic (exact) mass is 249 g/mol. The number of rotatable bonds is 7. The van der Waals surface area contributed by atoms with Crippen LogP contribution in [0.5, 0.6) is 0 Å². The lowest BCUT2D eigenvalue weighted by Gasteiger charge is -2.13. The topological polar surface area (TPSA) is 49.3 Å². The van der Waals surface area contributed by atoms with Gasteiger partial charge >= 0.3 is 5.97 Å². The number of hydrogen-bond donors (Lipinski definition) is 2. The van der Waals surface area contributed by atoms with Crippen molar-refractivity contribution in [3.8, 4) is 0 Å². The summed E-state index contributed by atoms with van der Waals surface area (Å²) in [6, 6.07) is 8.27. The molecule has 3 nitrogen and oxygen atoms in total. The van der Waals surface area contributed by atoms with Crippen molar-refractivity contribution in [2.75, 3.05) is 11.9 Å². The Hall–Kier alpha value is -1.51. The maximum atomic E-state index is 10.9. The van der Waals surface area contributed by atoms with E-state index < -0.39 is 5.97 Å². The standard InChI is InChI=1S/C15H23NO2/c1-4-11(3)13-6-8-14(9-7-13)16-10-12(5-2)15(17)18/h6-9,11-12,16H,4-5,10H2,1-3H3,(H,17,18). The SMILES string of the molecule is CCC(CNc1ccc(C(C)CC)cc1)C(=O)O. The summed E-state index contributed by atoms with van der Waals surface area (Å²) in [5.41, 5.74) is 2.31. The van der Waals surface area contributed by atoms with E-state index in [0.29, 0.717) is 18.9 Å². The molecule has 0 radical (unpaired) electrons. The molecule has 0 heterocycles. The van der Waals surface area contributed by atoms with E-state index in [1.165, 1.54) is 5.56 Å². The molecule has 0 saturated carbocycles. The highest BCUT2D eigenvalue weighted by atomic mass is 16.4. The highest BCUT2D eigenvalue weighted by Crippen LogP contribution is 2.20. The fraction of sp³-hybridized carbons (Fsp3) is 0.533. The number of carboxylic acid groups (broad SMARTS) is 1. The molecular formula is C15H23NO2. The molecule has 0 aliphatic rings. The van der Waals surface area contributed by atoms with Crippen LogP contribution >= 0.6 is 0 Å². The predicted molar refractivity (Wildman–Crippen MR) is 75.1 cm³/mol. The Balaban J connectivity index is 2.56. The fourth-order valence-corrected chi connectivity index (χ4v) is 1.81. The van der Waals surface area contributed by atoms with E-state index in [9.17, 15) is 4.79 Å². The van der Waals surface area contributed by atoms with Crippen LogP contribution in [0.25, 0.3) is 0 Å². The van der Waals surface area contributed by atoms with Gasteiger partial charge in [0.1, 0.15) is 0 Å². The molecule has 0 fully saturated rings. The molecule has 0 aliphatic heterocycles. The van der Waals surface area contributed by atoms with E-state index in [1.54, 1.807) is 0 Å². The van der Waals surface area contributed by atoms with Crippen molar-refractivity contribution < 1.29 is 9.90 Å². The molecule has 0 spiro atoms. The molecule has 18 heavy (non-hydrogen) atoms. The van der Waals surface area contributed by atoms with E-state index in [1.807, 2.05) is 19.1 Å². The maximum Gasteiger partial charge on any atom is 0.308 e. The van der Waals surface area contributed by atoms with Crippen LogP contribution in [0.2, 0.25) is 0 Å².